The number of para-hydroxylation sites is 1. The Balaban J connectivity index is 1.30. The maximum Gasteiger partial charge on any atom is 0.335 e. The zero-order chi connectivity index (χ0) is 31.1. The Hall–Kier alpha value is -5.61. The highest BCUT2D eigenvalue weighted by atomic mass is 32.2. The van der Waals surface area contributed by atoms with E-state index < -0.39 is 17.8 Å². The number of carboxylic acids is 1. The second-order valence-corrected chi connectivity index (χ2v) is 10.9. The van der Waals surface area contributed by atoms with Crippen LogP contribution >= 0.6 is 11.8 Å². The van der Waals surface area contributed by atoms with Crippen molar-refractivity contribution in [3.63, 3.8) is 0 Å². The average Bonchev–Trinajstić information content (AvgIpc) is 3.44. The largest absolute Gasteiger partial charge is 0.478 e. The quantitative estimate of drug-likeness (QED) is 0.0934. The molecule has 44 heavy (non-hydrogen) atoms. The van der Waals surface area contributed by atoms with E-state index in [0.717, 1.165) is 26.9 Å². The van der Waals surface area contributed by atoms with E-state index in [1.165, 1.54) is 23.9 Å². The number of amides is 3. The summed E-state index contributed by atoms with van der Waals surface area (Å²) < 4.78 is 0. The number of aromatic nitrogens is 1. The van der Waals surface area contributed by atoms with Crippen LogP contribution in [0.3, 0.4) is 0 Å². The maximum absolute atomic E-state index is 13.5. The number of fused-ring (bicyclic) bond motifs is 1. The molecule has 0 saturated carbocycles. The van der Waals surface area contributed by atoms with Gasteiger partial charge in [0.05, 0.1) is 11.3 Å². The highest BCUT2D eigenvalue weighted by Crippen LogP contribution is 2.24. The van der Waals surface area contributed by atoms with Crippen LogP contribution in [0.25, 0.3) is 17.0 Å². The Morgan fingerprint density at radius 1 is 0.841 bits per heavy atom. The van der Waals surface area contributed by atoms with Gasteiger partial charge >= 0.3 is 5.97 Å². The third-order valence-corrected chi connectivity index (χ3v) is 7.66. The Labute approximate surface area is 257 Å². The van der Waals surface area contributed by atoms with Crippen LogP contribution in [0.4, 0.5) is 11.4 Å². The zero-order valence-electron chi connectivity index (χ0n) is 23.6. The minimum absolute atomic E-state index is 0.0556. The first-order chi connectivity index (χ1) is 21.3. The molecule has 5 aromatic rings. The van der Waals surface area contributed by atoms with Crippen molar-refractivity contribution in [2.24, 2.45) is 0 Å². The summed E-state index contributed by atoms with van der Waals surface area (Å²) in [5.74, 6) is -2.26. The molecule has 9 nitrogen and oxygen atoms in total. The van der Waals surface area contributed by atoms with Crippen LogP contribution in [-0.4, -0.2) is 39.5 Å². The van der Waals surface area contributed by atoms with Gasteiger partial charge in [-0.05, 0) is 67.1 Å². The molecule has 0 aliphatic rings. The second-order valence-electron chi connectivity index (χ2n) is 9.82. The number of nitrogens with one attached hydrogen (secondary N) is 4. The number of anilines is 2. The molecule has 0 bridgehead atoms. The lowest BCUT2D eigenvalue weighted by Gasteiger charge is -2.12. The van der Waals surface area contributed by atoms with E-state index in [9.17, 15) is 24.3 Å². The molecule has 1 aromatic heterocycles. The van der Waals surface area contributed by atoms with Crippen molar-refractivity contribution in [1.29, 1.82) is 0 Å². The van der Waals surface area contributed by atoms with Crippen molar-refractivity contribution in [2.75, 3.05) is 16.4 Å². The topological polar surface area (TPSA) is 140 Å². The van der Waals surface area contributed by atoms with Gasteiger partial charge < -0.3 is 26.0 Å². The molecule has 4 aromatic carbocycles. The van der Waals surface area contributed by atoms with Gasteiger partial charge in [0.2, 0.25) is 5.91 Å². The second kappa shape index (κ2) is 13.6. The molecular weight excluding hydrogens is 576 g/mol. The third-order valence-electron chi connectivity index (χ3n) is 6.67. The van der Waals surface area contributed by atoms with E-state index in [0.29, 0.717) is 16.9 Å². The van der Waals surface area contributed by atoms with Gasteiger partial charge in [-0.25, -0.2) is 4.79 Å². The van der Waals surface area contributed by atoms with Gasteiger partial charge in [-0.2, -0.15) is 0 Å². The number of aryl methyl sites for hydroxylation is 1. The fourth-order valence-electron chi connectivity index (χ4n) is 4.40. The first-order valence-corrected chi connectivity index (χ1v) is 14.6. The fraction of sp³-hybridized carbons (Fsp3) is 0.0588. The predicted molar refractivity (Wildman–Crippen MR) is 173 cm³/mol. The lowest BCUT2D eigenvalue weighted by Crippen LogP contribution is -2.30. The first-order valence-electron chi connectivity index (χ1n) is 13.6. The van der Waals surface area contributed by atoms with Gasteiger partial charge in [-0.3, -0.25) is 14.4 Å². The van der Waals surface area contributed by atoms with Crippen molar-refractivity contribution in [1.82, 2.24) is 10.3 Å². The Morgan fingerprint density at radius 3 is 2.41 bits per heavy atom. The Kier molecular flexibility index (Phi) is 9.22. The van der Waals surface area contributed by atoms with E-state index in [1.54, 1.807) is 73.8 Å². The molecule has 0 radical (unpaired) electrons. The first kappa shape index (κ1) is 29.9. The Bertz CT molecular complexity index is 1900. The minimum atomic E-state index is -1.08. The molecular formula is C34H28N4O5S. The van der Waals surface area contributed by atoms with Gasteiger partial charge in [0, 0.05) is 44.5 Å². The monoisotopic (exact) mass is 604 g/mol. The molecule has 0 unspecified atom stereocenters. The average molecular weight is 605 g/mol. The Morgan fingerprint density at radius 2 is 1.61 bits per heavy atom. The van der Waals surface area contributed by atoms with E-state index >= 15 is 0 Å². The van der Waals surface area contributed by atoms with Crippen LogP contribution in [0.1, 0.15) is 31.8 Å². The van der Waals surface area contributed by atoms with Crippen molar-refractivity contribution >= 4 is 63.8 Å². The molecule has 0 atom stereocenters. The summed E-state index contributed by atoms with van der Waals surface area (Å²) >= 11 is 1.26. The number of carbonyl (C=O) groups excluding carboxylic acids is 3. The van der Waals surface area contributed by atoms with Crippen LogP contribution in [0.2, 0.25) is 0 Å². The van der Waals surface area contributed by atoms with Crippen molar-refractivity contribution in [2.45, 2.75) is 11.8 Å². The number of H-pyrrole nitrogens is 1. The van der Waals surface area contributed by atoms with Gasteiger partial charge in [-0.1, -0.05) is 48.5 Å². The molecule has 0 fully saturated rings. The number of benzene rings is 4. The van der Waals surface area contributed by atoms with Crippen LogP contribution in [-0.2, 0) is 9.59 Å². The number of aromatic amines is 1. The lowest BCUT2D eigenvalue weighted by molar-refractivity contribution is -0.114. The summed E-state index contributed by atoms with van der Waals surface area (Å²) in [5, 5.41) is 18.5. The van der Waals surface area contributed by atoms with E-state index in [2.05, 4.69) is 20.9 Å². The van der Waals surface area contributed by atoms with Gasteiger partial charge in [0.25, 0.3) is 11.8 Å². The highest BCUT2D eigenvalue weighted by Gasteiger charge is 2.17. The third kappa shape index (κ3) is 7.42. The zero-order valence-corrected chi connectivity index (χ0v) is 24.4. The molecule has 0 spiro atoms. The smallest absolute Gasteiger partial charge is 0.335 e. The summed E-state index contributed by atoms with van der Waals surface area (Å²) in [5.41, 5.74) is 3.83. The van der Waals surface area contributed by atoms with E-state index in [-0.39, 0.29) is 22.9 Å². The molecule has 1 heterocycles. The standard InChI is InChI=1S/C34H28N4O5S/c1-21-14-15-23(34(42)43)16-29(21)37-31(39)20-44-26-11-7-10-25(18-26)36-33(41)30(38-32(40)22-8-3-2-4-9-22)17-24-19-35-28-13-6-5-12-27(24)28/h2-19,35H,20H2,1H3,(H,36,41)(H,37,39)(H,38,40)(H,42,43)/b30-17-. The fourth-order valence-corrected chi connectivity index (χ4v) is 5.15. The lowest BCUT2D eigenvalue weighted by atomic mass is 10.1. The molecule has 3 amide bonds. The van der Waals surface area contributed by atoms with Crippen LogP contribution in [0.15, 0.2) is 114 Å². The van der Waals surface area contributed by atoms with Crippen molar-refractivity contribution < 1.29 is 24.3 Å². The van der Waals surface area contributed by atoms with Crippen LogP contribution in [0, 0.1) is 6.92 Å². The molecule has 5 rings (SSSR count). The van der Waals surface area contributed by atoms with Crippen LogP contribution < -0.4 is 16.0 Å². The summed E-state index contributed by atoms with van der Waals surface area (Å²) in [6, 6.07) is 27.8. The normalized spacial score (nSPS) is 11.2. The summed E-state index contributed by atoms with van der Waals surface area (Å²) in [7, 11) is 0. The highest BCUT2D eigenvalue weighted by molar-refractivity contribution is 8.00. The molecule has 0 aliphatic carbocycles. The number of hydrogen-bond acceptors (Lipinski definition) is 5. The molecule has 220 valence electrons. The number of carbonyl (C=O) groups is 4. The summed E-state index contributed by atoms with van der Waals surface area (Å²) in [6.07, 6.45) is 3.40. The predicted octanol–water partition coefficient (Wildman–Crippen LogP) is 6.31. The summed E-state index contributed by atoms with van der Waals surface area (Å²) in [4.78, 5) is 54.3. The number of thioether (sulfide) groups is 1. The number of rotatable bonds is 10. The molecule has 5 N–H and O–H groups in total. The number of carboxylic acid groups (broad SMARTS) is 1. The van der Waals surface area contributed by atoms with Crippen molar-refractivity contribution in [3.05, 3.63) is 131 Å². The SMILES string of the molecule is Cc1ccc(C(=O)O)cc1NC(=O)CSc1cccc(NC(=O)/C(=C/c2c[nH]c3ccccc23)NC(=O)c2ccccc2)c1. The van der Waals surface area contributed by atoms with Gasteiger partial charge in [0.15, 0.2) is 0 Å². The summed E-state index contributed by atoms with van der Waals surface area (Å²) in [6.45, 7) is 1.78. The number of hydrogen-bond donors (Lipinski definition) is 5. The van der Waals surface area contributed by atoms with Gasteiger partial charge in [-0.15, -0.1) is 11.8 Å². The van der Waals surface area contributed by atoms with Crippen LogP contribution in [0.5, 0.6) is 0 Å². The molecule has 0 aliphatic heterocycles. The number of aromatic carboxylic acids is 1. The van der Waals surface area contributed by atoms with Gasteiger partial charge in [0.1, 0.15) is 5.70 Å². The van der Waals surface area contributed by atoms with E-state index in [4.69, 9.17) is 0 Å². The maximum atomic E-state index is 13.5. The molecule has 10 heteroatoms. The molecule has 0 saturated heterocycles. The minimum Gasteiger partial charge on any atom is -0.478 e. The van der Waals surface area contributed by atoms with Crippen molar-refractivity contribution in [3.8, 4) is 0 Å². The van der Waals surface area contributed by atoms with E-state index in [1.807, 2.05) is 30.3 Å².